The second-order valence-electron chi connectivity index (χ2n) is 7.13. The van der Waals surface area contributed by atoms with Crippen LogP contribution in [0.15, 0.2) is 24.3 Å². The fourth-order valence-corrected chi connectivity index (χ4v) is 3.27. The summed E-state index contributed by atoms with van der Waals surface area (Å²) in [6.07, 6.45) is 1.57. The summed E-state index contributed by atoms with van der Waals surface area (Å²) in [4.78, 5) is 12.4. The highest BCUT2D eigenvalue weighted by Crippen LogP contribution is 2.29. The first-order chi connectivity index (χ1) is 12.9. The van der Waals surface area contributed by atoms with Gasteiger partial charge in [-0.1, -0.05) is 11.6 Å². The maximum atomic E-state index is 12.4. The molecule has 1 saturated heterocycles. The smallest absolute Gasteiger partial charge is 0.271 e. The number of carbonyl (C=O) groups is 1. The summed E-state index contributed by atoms with van der Waals surface area (Å²) in [7, 11) is 1.57. The molecule has 0 unspecified atom stereocenters. The summed E-state index contributed by atoms with van der Waals surface area (Å²) in [5, 5.41) is 10.4. The minimum Gasteiger partial charge on any atom is -0.497 e. The van der Waals surface area contributed by atoms with Gasteiger partial charge in [0.05, 0.1) is 23.4 Å². The Morgan fingerprint density at radius 3 is 2.96 bits per heavy atom. The normalized spacial score (nSPS) is 18.7. The minimum absolute atomic E-state index is 0.0794. The summed E-state index contributed by atoms with van der Waals surface area (Å²) in [5.41, 5.74) is 0.788. The van der Waals surface area contributed by atoms with Crippen LogP contribution in [-0.2, 0) is 11.3 Å². The molecule has 1 atom stereocenters. The van der Waals surface area contributed by atoms with Crippen LogP contribution in [0.25, 0.3) is 0 Å². The van der Waals surface area contributed by atoms with Crippen molar-refractivity contribution in [3.8, 4) is 11.5 Å². The van der Waals surface area contributed by atoms with E-state index in [0.717, 1.165) is 12.8 Å². The van der Waals surface area contributed by atoms with Crippen LogP contribution in [0, 0.1) is 0 Å². The van der Waals surface area contributed by atoms with E-state index in [1.807, 2.05) is 13.8 Å². The first-order valence-electron chi connectivity index (χ1n) is 8.82. The summed E-state index contributed by atoms with van der Waals surface area (Å²) in [6, 6.07) is 6.94. The number of aromatic nitrogens is 2. The summed E-state index contributed by atoms with van der Waals surface area (Å²) >= 11 is 6.16. The van der Waals surface area contributed by atoms with Gasteiger partial charge in [0, 0.05) is 18.7 Å². The molecule has 0 radical (unpaired) electrons. The maximum Gasteiger partial charge on any atom is 0.271 e. The lowest BCUT2D eigenvalue weighted by Gasteiger charge is -2.35. The van der Waals surface area contributed by atoms with Crippen LogP contribution in [0.2, 0.25) is 5.02 Å². The van der Waals surface area contributed by atoms with E-state index < -0.39 is 0 Å². The van der Waals surface area contributed by atoms with Crippen LogP contribution in [0.4, 0.5) is 0 Å². The molecule has 0 bridgehead atoms. The van der Waals surface area contributed by atoms with E-state index in [1.165, 1.54) is 0 Å². The van der Waals surface area contributed by atoms with Crippen LogP contribution in [-0.4, -0.2) is 41.5 Å². The Morgan fingerprint density at radius 2 is 2.26 bits per heavy atom. The van der Waals surface area contributed by atoms with Crippen molar-refractivity contribution < 1.29 is 19.0 Å². The summed E-state index contributed by atoms with van der Waals surface area (Å²) in [6.45, 7) is 4.91. The van der Waals surface area contributed by atoms with Gasteiger partial charge in [0.15, 0.2) is 0 Å². The topological polar surface area (TPSA) is 85.5 Å². The molecule has 0 aliphatic carbocycles. The molecule has 2 N–H and O–H groups in total. The SMILES string of the molecule is COc1ccc(OCc2cc(C(=O)N[C@H]3CCOC(C)(C)C3)n[nH]2)c(Cl)c1. The molecule has 1 aromatic heterocycles. The molecule has 1 aliphatic heterocycles. The third-order valence-corrected chi connectivity index (χ3v) is 4.71. The Kier molecular flexibility index (Phi) is 5.92. The predicted octanol–water partition coefficient (Wildman–Crippen LogP) is 3.34. The zero-order valence-corrected chi connectivity index (χ0v) is 16.4. The van der Waals surface area contributed by atoms with E-state index in [4.69, 9.17) is 25.8 Å². The number of nitrogens with one attached hydrogen (secondary N) is 2. The van der Waals surface area contributed by atoms with Crippen LogP contribution >= 0.6 is 11.6 Å². The molecule has 1 aromatic carbocycles. The molecule has 0 spiro atoms. The Labute approximate surface area is 163 Å². The Hall–Kier alpha value is -2.25. The number of ether oxygens (including phenoxy) is 3. The highest BCUT2D eigenvalue weighted by atomic mass is 35.5. The van der Waals surface area contributed by atoms with Crippen LogP contribution in [0.5, 0.6) is 11.5 Å². The number of nitrogens with zero attached hydrogens (tertiary/aromatic N) is 1. The first kappa shape index (κ1) is 19.5. The largest absolute Gasteiger partial charge is 0.497 e. The molecule has 2 aromatic rings. The second kappa shape index (κ2) is 8.19. The molecule has 7 nitrogen and oxygen atoms in total. The predicted molar refractivity (Wildman–Crippen MR) is 101 cm³/mol. The molecule has 2 heterocycles. The molecule has 8 heteroatoms. The number of amides is 1. The van der Waals surface area contributed by atoms with Gasteiger partial charge in [0.1, 0.15) is 23.8 Å². The standard InChI is InChI=1S/C19H24ClN3O4/c1-19(2)10-12(6-7-27-19)21-18(24)16-8-13(22-23-16)11-26-17-5-4-14(25-3)9-15(17)20/h4-5,8-9,12H,6-7,10-11H2,1-3H3,(H,21,24)(H,22,23)/t12-/m0/s1. The van der Waals surface area contributed by atoms with E-state index in [-0.39, 0.29) is 24.2 Å². The third-order valence-electron chi connectivity index (χ3n) is 4.42. The van der Waals surface area contributed by atoms with Crippen molar-refractivity contribution in [2.75, 3.05) is 13.7 Å². The van der Waals surface area contributed by atoms with Crippen molar-refractivity contribution in [3.63, 3.8) is 0 Å². The summed E-state index contributed by atoms with van der Waals surface area (Å²) in [5.74, 6) is 0.981. The van der Waals surface area contributed by atoms with Crippen LogP contribution in [0.1, 0.15) is 42.9 Å². The zero-order valence-electron chi connectivity index (χ0n) is 15.7. The number of H-pyrrole nitrogens is 1. The molecule has 1 aliphatic rings. The monoisotopic (exact) mass is 393 g/mol. The number of hydrogen-bond acceptors (Lipinski definition) is 5. The van der Waals surface area contributed by atoms with Crippen LogP contribution < -0.4 is 14.8 Å². The molecular formula is C19H24ClN3O4. The fraction of sp³-hybridized carbons (Fsp3) is 0.474. The van der Waals surface area contributed by atoms with Gasteiger partial charge in [-0.2, -0.15) is 5.10 Å². The lowest BCUT2D eigenvalue weighted by atomic mass is 9.94. The molecule has 1 amide bonds. The first-order valence-corrected chi connectivity index (χ1v) is 9.19. The van der Waals surface area contributed by atoms with Gasteiger partial charge in [-0.05, 0) is 44.9 Å². The zero-order chi connectivity index (χ0) is 19.4. The number of carbonyl (C=O) groups excluding carboxylic acids is 1. The fourth-order valence-electron chi connectivity index (χ4n) is 3.05. The molecule has 146 valence electrons. The number of aromatic amines is 1. The van der Waals surface area contributed by atoms with E-state index >= 15 is 0 Å². The lowest BCUT2D eigenvalue weighted by Crippen LogP contribution is -2.45. The van der Waals surface area contributed by atoms with Crippen molar-refractivity contribution in [1.82, 2.24) is 15.5 Å². The van der Waals surface area contributed by atoms with Gasteiger partial charge in [-0.15, -0.1) is 0 Å². The average molecular weight is 394 g/mol. The van der Waals surface area contributed by atoms with Gasteiger partial charge in [-0.25, -0.2) is 0 Å². The Morgan fingerprint density at radius 1 is 1.44 bits per heavy atom. The quantitative estimate of drug-likeness (QED) is 0.786. The average Bonchev–Trinajstić information content (AvgIpc) is 3.09. The van der Waals surface area contributed by atoms with Gasteiger partial charge >= 0.3 is 0 Å². The number of benzene rings is 1. The number of rotatable bonds is 6. The number of hydrogen-bond donors (Lipinski definition) is 2. The number of methoxy groups -OCH3 is 1. The van der Waals surface area contributed by atoms with Crippen molar-refractivity contribution in [1.29, 1.82) is 0 Å². The number of halogens is 1. The Balaban J connectivity index is 1.55. The second-order valence-corrected chi connectivity index (χ2v) is 7.54. The summed E-state index contributed by atoms with van der Waals surface area (Å²) < 4.78 is 16.5. The highest BCUT2D eigenvalue weighted by Gasteiger charge is 2.30. The minimum atomic E-state index is -0.224. The van der Waals surface area contributed by atoms with Gasteiger partial charge in [-0.3, -0.25) is 9.89 Å². The molecule has 27 heavy (non-hydrogen) atoms. The Bertz CT molecular complexity index is 806. The van der Waals surface area contributed by atoms with E-state index in [9.17, 15) is 4.79 Å². The maximum absolute atomic E-state index is 12.4. The molecule has 1 fully saturated rings. The van der Waals surface area contributed by atoms with E-state index in [0.29, 0.717) is 34.5 Å². The van der Waals surface area contributed by atoms with Crippen molar-refractivity contribution in [2.45, 2.75) is 44.9 Å². The van der Waals surface area contributed by atoms with Gasteiger partial charge in [0.2, 0.25) is 0 Å². The molecule has 3 rings (SSSR count). The molecular weight excluding hydrogens is 370 g/mol. The van der Waals surface area contributed by atoms with E-state index in [2.05, 4.69) is 15.5 Å². The lowest BCUT2D eigenvalue weighted by molar-refractivity contribution is -0.0615. The molecule has 0 saturated carbocycles. The van der Waals surface area contributed by atoms with E-state index in [1.54, 1.807) is 31.4 Å². The van der Waals surface area contributed by atoms with Gasteiger partial charge in [0.25, 0.3) is 5.91 Å². The van der Waals surface area contributed by atoms with Crippen molar-refractivity contribution >= 4 is 17.5 Å². The highest BCUT2D eigenvalue weighted by molar-refractivity contribution is 6.32. The van der Waals surface area contributed by atoms with Crippen molar-refractivity contribution in [3.05, 3.63) is 40.7 Å². The van der Waals surface area contributed by atoms with Crippen LogP contribution in [0.3, 0.4) is 0 Å². The third kappa shape index (κ3) is 5.14. The van der Waals surface area contributed by atoms with Gasteiger partial charge < -0.3 is 19.5 Å². The van der Waals surface area contributed by atoms with Crippen molar-refractivity contribution in [2.24, 2.45) is 0 Å².